The molecule has 0 bridgehead atoms. The molecular formula is C14H26N2O. The molecule has 0 spiro atoms. The lowest BCUT2D eigenvalue weighted by Crippen LogP contribution is -2.57. The summed E-state index contributed by atoms with van der Waals surface area (Å²) in [6.45, 7) is 4.90. The molecule has 2 unspecified atom stereocenters. The Hall–Kier alpha value is -0.120. The van der Waals surface area contributed by atoms with Crippen LogP contribution in [0.15, 0.2) is 0 Å². The molecule has 2 atom stereocenters. The number of rotatable bonds is 6. The number of hydrogen-bond acceptors (Lipinski definition) is 3. The summed E-state index contributed by atoms with van der Waals surface area (Å²) in [5.41, 5.74) is 6.04. The Morgan fingerprint density at radius 2 is 1.94 bits per heavy atom. The number of nitrogens with one attached hydrogen (secondary N) is 1. The summed E-state index contributed by atoms with van der Waals surface area (Å²) >= 11 is 0. The van der Waals surface area contributed by atoms with Crippen molar-refractivity contribution >= 4 is 0 Å². The van der Waals surface area contributed by atoms with Gasteiger partial charge >= 0.3 is 0 Å². The second-order valence-electron chi connectivity index (χ2n) is 6.34. The van der Waals surface area contributed by atoms with Crippen LogP contribution in [0.1, 0.15) is 39.0 Å². The first kappa shape index (κ1) is 11.9. The van der Waals surface area contributed by atoms with Crippen LogP contribution in [0.25, 0.3) is 0 Å². The first-order valence-corrected chi connectivity index (χ1v) is 7.32. The van der Waals surface area contributed by atoms with Crippen molar-refractivity contribution in [1.82, 2.24) is 5.32 Å². The maximum atomic E-state index is 5.99. The van der Waals surface area contributed by atoms with Gasteiger partial charge in [-0.15, -0.1) is 0 Å². The second kappa shape index (κ2) is 4.52. The molecule has 1 heterocycles. The van der Waals surface area contributed by atoms with E-state index in [9.17, 15) is 0 Å². The lowest BCUT2D eigenvalue weighted by atomic mass is 9.89. The minimum Gasteiger partial charge on any atom is -0.376 e. The zero-order valence-corrected chi connectivity index (χ0v) is 11.0. The molecule has 2 aliphatic carbocycles. The van der Waals surface area contributed by atoms with Crippen molar-refractivity contribution in [2.45, 2.75) is 50.7 Å². The fourth-order valence-electron chi connectivity index (χ4n) is 3.44. The van der Waals surface area contributed by atoms with Gasteiger partial charge in [0.1, 0.15) is 0 Å². The summed E-state index contributed by atoms with van der Waals surface area (Å²) in [6, 6.07) is 0. The van der Waals surface area contributed by atoms with E-state index in [1.165, 1.54) is 32.2 Å². The van der Waals surface area contributed by atoms with E-state index in [4.69, 9.17) is 10.5 Å². The van der Waals surface area contributed by atoms with Crippen LogP contribution in [-0.4, -0.2) is 31.3 Å². The van der Waals surface area contributed by atoms with Gasteiger partial charge in [-0.3, -0.25) is 0 Å². The molecule has 17 heavy (non-hydrogen) atoms. The molecule has 1 saturated heterocycles. The predicted molar refractivity (Wildman–Crippen MR) is 68.8 cm³/mol. The summed E-state index contributed by atoms with van der Waals surface area (Å²) in [5, 5.41) is 3.79. The van der Waals surface area contributed by atoms with Crippen molar-refractivity contribution in [3.63, 3.8) is 0 Å². The van der Waals surface area contributed by atoms with E-state index < -0.39 is 0 Å². The van der Waals surface area contributed by atoms with Crippen molar-refractivity contribution in [2.75, 3.05) is 19.7 Å². The third kappa shape index (κ3) is 2.38. The summed E-state index contributed by atoms with van der Waals surface area (Å²) in [6.07, 6.45) is 7.20. The Morgan fingerprint density at radius 1 is 1.29 bits per heavy atom. The average Bonchev–Trinajstić information content (AvgIpc) is 3.21. The Bertz CT molecular complexity index is 263. The van der Waals surface area contributed by atoms with Gasteiger partial charge in [0.05, 0.1) is 11.6 Å². The van der Waals surface area contributed by atoms with Gasteiger partial charge in [-0.05, 0) is 63.3 Å². The molecule has 0 aromatic carbocycles. The maximum absolute atomic E-state index is 5.99. The van der Waals surface area contributed by atoms with Crippen LogP contribution in [0, 0.1) is 17.8 Å². The fraction of sp³-hybridized carbons (Fsp3) is 1.00. The minimum atomic E-state index is 0.0576. The summed E-state index contributed by atoms with van der Waals surface area (Å²) in [4.78, 5) is 0. The Morgan fingerprint density at radius 3 is 2.35 bits per heavy atom. The summed E-state index contributed by atoms with van der Waals surface area (Å²) in [5.74, 6) is 2.95. The molecule has 0 radical (unpaired) electrons. The quantitative estimate of drug-likeness (QED) is 0.737. The van der Waals surface area contributed by atoms with Crippen LogP contribution in [0.5, 0.6) is 0 Å². The first-order valence-electron chi connectivity index (χ1n) is 7.32. The maximum Gasteiger partial charge on any atom is 0.0741 e. The van der Waals surface area contributed by atoms with Gasteiger partial charge in [0, 0.05) is 13.2 Å². The van der Waals surface area contributed by atoms with Gasteiger partial charge in [0.2, 0.25) is 0 Å². The van der Waals surface area contributed by atoms with Gasteiger partial charge in [-0.25, -0.2) is 0 Å². The zero-order valence-electron chi connectivity index (χ0n) is 11.0. The highest BCUT2D eigenvalue weighted by atomic mass is 16.5. The number of nitrogens with two attached hydrogens (primary N) is 1. The Kier molecular flexibility index (Phi) is 3.18. The standard InChI is InChI=1S/C14H26N2O/c1-10-14(9-15,6-7-17-10)16-8-13(11-2-3-11)12-4-5-12/h10-13,16H,2-9,15H2,1H3. The van der Waals surface area contributed by atoms with Crippen molar-refractivity contribution in [3.8, 4) is 0 Å². The van der Waals surface area contributed by atoms with E-state index in [0.717, 1.165) is 30.8 Å². The van der Waals surface area contributed by atoms with Gasteiger partial charge in [0.25, 0.3) is 0 Å². The zero-order chi connectivity index (χ0) is 11.9. The van der Waals surface area contributed by atoms with Crippen molar-refractivity contribution in [2.24, 2.45) is 23.5 Å². The molecule has 3 fully saturated rings. The molecule has 1 aliphatic heterocycles. The van der Waals surface area contributed by atoms with Crippen molar-refractivity contribution < 1.29 is 4.74 Å². The van der Waals surface area contributed by atoms with E-state index in [2.05, 4.69) is 12.2 Å². The highest BCUT2D eigenvalue weighted by Gasteiger charge is 2.44. The average molecular weight is 238 g/mol. The molecule has 3 rings (SSSR count). The van der Waals surface area contributed by atoms with E-state index >= 15 is 0 Å². The largest absolute Gasteiger partial charge is 0.376 e. The molecule has 0 aromatic heterocycles. The third-order valence-corrected chi connectivity index (χ3v) is 5.20. The lowest BCUT2D eigenvalue weighted by Gasteiger charge is -2.34. The highest BCUT2D eigenvalue weighted by Crippen LogP contribution is 2.49. The van der Waals surface area contributed by atoms with Gasteiger partial charge < -0.3 is 15.8 Å². The normalized spacial score (nSPS) is 37.9. The van der Waals surface area contributed by atoms with E-state index in [-0.39, 0.29) is 11.6 Å². The minimum absolute atomic E-state index is 0.0576. The van der Waals surface area contributed by atoms with E-state index in [0.29, 0.717) is 6.54 Å². The van der Waals surface area contributed by atoms with Crippen molar-refractivity contribution in [3.05, 3.63) is 0 Å². The molecule has 2 saturated carbocycles. The van der Waals surface area contributed by atoms with Crippen LogP contribution in [0.4, 0.5) is 0 Å². The molecule has 3 heteroatoms. The van der Waals surface area contributed by atoms with Gasteiger partial charge in [-0.1, -0.05) is 0 Å². The smallest absolute Gasteiger partial charge is 0.0741 e. The lowest BCUT2D eigenvalue weighted by molar-refractivity contribution is 0.0826. The summed E-state index contributed by atoms with van der Waals surface area (Å²) < 4.78 is 5.70. The third-order valence-electron chi connectivity index (χ3n) is 5.20. The monoisotopic (exact) mass is 238 g/mol. The summed E-state index contributed by atoms with van der Waals surface area (Å²) in [7, 11) is 0. The molecule has 3 N–H and O–H groups in total. The van der Waals surface area contributed by atoms with Crippen LogP contribution >= 0.6 is 0 Å². The Balaban J connectivity index is 1.57. The molecule has 3 nitrogen and oxygen atoms in total. The van der Waals surface area contributed by atoms with E-state index in [1.54, 1.807) is 0 Å². The molecule has 98 valence electrons. The molecular weight excluding hydrogens is 212 g/mol. The van der Waals surface area contributed by atoms with Crippen molar-refractivity contribution in [1.29, 1.82) is 0 Å². The fourth-order valence-corrected chi connectivity index (χ4v) is 3.44. The highest BCUT2D eigenvalue weighted by molar-refractivity contribution is 5.01. The molecule has 3 aliphatic rings. The number of hydrogen-bond donors (Lipinski definition) is 2. The SMILES string of the molecule is CC1OCCC1(CN)NCC(C1CC1)C1CC1. The number of ether oxygens (including phenoxy) is 1. The second-order valence-corrected chi connectivity index (χ2v) is 6.34. The van der Waals surface area contributed by atoms with Gasteiger partial charge in [-0.2, -0.15) is 0 Å². The van der Waals surface area contributed by atoms with Crippen LogP contribution in [0.2, 0.25) is 0 Å². The van der Waals surface area contributed by atoms with Crippen LogP contribution in [0.3, 0.4) is 0 Å². The van der Waals surface area contributed by atoms with Crippen LogP contribution < -0.4 is 11.1 Å². The Labute approximate surface area is 104 Å². The predicted octanol–water partition coefficient (Wildman–Crippen LogP) is 1.52. The van der Waals surface area contributed by atoms with Gasteiger partial charge in [0.15, 0.2) is 0 Å². The topological polar surface area (TPSA) is 47.3 Å². The molecule has 0 amide bonds. The van der Waals surface area contributed by atoms with E-state index in [1.807, 2.05) is 0 Å². The first-order chi connectivity index (χ1) is 8.25. The van der Waals surface area contributed by atoms with Crippen LogP contribution in [-0.2, 0) is 4.74 Å². The molecule has 0 aromatic rings.